The van der Waals surface area contributed by atoms with Gasteiger partial charge in [-0.2, -0.15) is 13.2 Å². The smallest absolute Gasteiger partial charge is 0.166 e. The SMILES string of the molecule is FC(F)(F)c1cc(-c2nnc(Cl)s2)ccc1Br. The quantitative estimate of drug-likeness (QED) is 0.754. The minimum absolute atomic E-state index is 0.00985. The molecule has 0 aliphatic heterocycles. The molecule has 0 atom stereocenters. The minimum atomic E-state index is -4.41. The molecule has 0 spiro atoms. The molecule has 0 radical (unpaired) electrons. The molecule has 8 heteroatoms. The summed E-state index contributed by atoms with van der Waals surface area (Å²) in [5, 5.41) is 7.60. The van der Waals surface area contributed by atoms with Gasteiger partial charge in [-0.25, -0.2) is 0 Å². The van der Waals surface area contributed by atoms with Gasteiger partial charge < -0.3 is 0 Å². The summed E-state index contributed by atoms with van der Waals surface area (Å²) in [4.78, 5) is 0. The fraction of sp³-hybridized carbons (Fsp3) is 0.111. The highest BCUT2D eigenvalue weighted by Gasteiger charge is 2.33. The molecular weight excluding hydrogens is 341 g/mol. The van der Waals surface area contributed by atoms with Crippen molar-refractivity contribution in [1.82, 2.24) is 10.2 Å². The predicted molar refractivity (Wildman–Crippen MR) is 63.1 cm³/mol. The van der Waals surface area contributed by atoms with Crippen molar-refractivity contribution in [2.45, 2.75) is 6.18 Å². The van der Waals surface area contributed by atoms with Gasteiger partial charge in [-0.15, -0.1) is 10.2 Å². The number of aromatic nitrogens is 2. The Morgan fingerprint density at radius 2 is 1.94 bits per heavy atom. The molecular formula is C9H3BrClF3N2S. The zero-order chi connectivity index (χ0) is 12.6. The van der Waals surface area contributed by atoms with Gasteiger partial charge in [-0.3, -0.25) is 0 Å². The molecule has 0 bridgehead atoms. The monoisotopic (exact) mass is 342 g/mol. The van der Waals surface area contributed by atoms with E-state index in [0.29, 0.717) is 10.6 Å². The van der Waals surface area contributed by atoms with Gasteiger partial charge >= 0.3 is 6.18 Å². The van der Waals surface area contributed by atoms with Crippen LogP contribution in [0.25, 0.3) is 10.6 Å². The van der Waals surface area contributed by atoms with Crippen LogP contribution in [-0.4, -0.2) is 10.2 Å². The van der Waals surface area contributed by atoms with Crippen molar-refractivity contribution in [1.29, 1.82) is 0 Å². The fourth-order valence-electron chi connectivity index (χ4n) is 1.20. The van der Waals surface area contributed by atoms with E-state index in [1.54, 1.807) is 0 Å². The Bertz CT molecular complexity index is 555. The molecule has 90 valence electrons. The molecule has 0 fully saturated rings. The van der Waals surface area contributed by atoms with E-state index in [9.17, 15) is 13.2 Å². The Balaban J connectivity index is 2.51. The van der Waals surface area contributed by atoms with E-state index >= 15 is 0 Å². The number of alkyl halides is 3. The second-order valence-corrected chi connectivity index (χ2v) is 5.47. The standard InChI is InChI=1S/C9H3BrClF3N2S/c10-6-2-1-4(3-5(6)9(12,13)14)7-15-16-8(11)17-7/h1-3H. The van der Waals surface area contributed by atoms with Gasteiger partial charge in [-0.1, -0.05) is 33.3 Å². The topological polar surface area (TPSA) is 25.8 Å². The predicted octanol–water partition coefficient (Wildman–Crippen LogP) is 4.64. The first-order chi connectivity index (χ1) is 7.88. The Labute approximate surface area is 112 Å². The largest absolute Gasteiger partial charge is 0.417 e. The summed E-state index contributed by atoms with van der Waals surface area (Å²) in [6.45, 7) is 0. The molecule has 0 saturated heterocycles. The van der Waals surface area contributed by atoms with Crippen molar-refractivity contribution in [3.8, 4) is 10.6 Å². The average Bonchev–Trinajstić information content (AvgIpc) is 2.64. The van der Waals surface area contributed by atoms with Gasteiger partial charge in [0.2, 0.25) is 4.47 Å². The second kappa shape index (κ2) is 4.55. The Hall–Kier alpha value is -0.660. The summed E-state index contributed by atoms with van der Waals surface area (Å²) in [6, 6.07) is 3.87. The van der Waals surface area contributed by atoms with Crippen molar-refractivity contribution < 1.29 is 13.2 Å². The zero-order valence-electron chi connectivity index (χ0n) is 7.92. The van der Waals surface area contributed by atoms with E-state index in [2.05, 4.69) is 26.1 Å². The van der Waals surface area contributed by atoms with Crippen molar-refractivity contribution in [3.05, 3.63) is 32.7 Å². The van der Waals surface area contributed by atoms with Crippen LogP contribution >= 0.6 is 38.9 Å². The van der Waals surface area contributed by atoms with Crippen LogP contribution in [0.3, 0.4) is 0 Å². The first-order valence-electron chi connectivity index (χ1n) is 4.24. The van der Waals surface area contributed by atoms with E-state index in [0.717, 1.165) is 17.4 Å². The lowest BCUT2D eigenvalue weighted by Crippen LogP contribution is -2.06. The molecule has 2 aromatic rings. The number of benzene rings is 1. The molecule has 0 unspecified atom stereocenters. The van der Waals surface area contributed by atoms with Crippen LogP contribution < -0.4 is 0 Å². The molecule has 0 amide bonds. The van der Waals surface area contributed by atoms with Crippen LogP contribution in [-0.2, 0) is 6.18 Å². The molecule has 2 rings (SSSR count). The fourth-order valence-corrected chi connectivity index (χ4v) is 2.49. The molecule has 1 aromatic heterocycles. The highest BCUT2D eigenvalue weighted by Crippen LogP contribution is 2.38. The minimum Gasteiger partial charge on any atom is -0.166 e. The number of halogens is 5. The van der Waals surface area contributed by atoms with E-state index in [4.69, 9.17) is 11.6 Å². The number of hydrogen-bond donors (Lipinski definition) is 0. The molecule has 0 N–H and O–H groups in total. The lowest BCUT2D eigenvalue weighted by Gasteiger charge is -2.09. The normalized spacial score (nSPS) is 11.8. The van der Waals surface area contributed by atoms with E-state index < -0.39 is 11.7 Å². The third-order valence-electron chi connectivity index (χ3n) is 1.92. The highest BCUT2D eigenvalue weighted by atomic mass is 79.9. The Kier molecular flexibility index (Phi) is 3.42. The van der Waals surface area contributed by atoms with Crippen molar-refractivity contribution in [2.24, 2.45) is 0 Å². The van der Waals surface area contributed by atoms with Gasteiger partial charge in [-0.05, 0) is 23.7 Å². The molecule has 0 aliphatic carbocycles. The summed E-state index contributed by atoms with van der Waals surface area (Å²) in [5.74, 6) is 0. The maximum absolute atomic E-state index is 12.7. The van der Waals surface area contributed by atoms with Crippen molar-refractivity contribution >= 4 is 38.9 Å². The maximum Gasteiger partial charge on any atom is 0.417 e. The van der Waals surface area contributed by atoms with Crippen LogP contribution in [0.15, 0.2) is 22.7 Å². The van der Waals surface area contributed by atoms with Crippen LogP contribution in [0.4, 0.5) is 13.2 Å². The third-order valence-corrected chi connectivity index (χ3v) is 3.68. The number of nitrogens with zero attached hydrogens (tertiary/aromatic N) is 2. The van der Waals surface area contributed by atoms with Crippen molar-refractivity contribution in [2.75, 3.05) is 0 Å². The number of rotatable bonds is 1. The third kappa shape index (κ3) is 2.78. The average molecular weight is 344 g/mol. The molecule has 0 aliphatic rings. The summed E-state index contributed by atoms with van der Waals surface area (Å²) in [6.07, 6.45) is -4.41. The summed E-state index contributed by atoms with van der Waals surface area (Å²) in [5.41, 5.74) is -0.411. The number of hydrogen-bond acceptors (Lipinski definition) is 3. The Morgan fingerprint density at radius 3 is 2.47 bits per heavy atom. The molecule has 17 heavy (non-hydrogen) atoms. The van der Waals surface area contributed by atoms with E-state index in [-0.39, 0.29) is 8.94 Å². The van der Waals surface area contributed by atoms with Gasteiger partial charge in [0.15, 0.2) is 0 Å². The lowest BCUT2D eigenvalue weighted by molar-refractivity contribution is -0.138. The summed E-state index contributed by atoms with van der Waals surface area (Å²) < 4.78 is 38.2. The maximum atomic E-state index is 12.7. The van der Waals surface area contributed by atoms with Gasteiger partial charge in [0.25, 0.3) is 0 Å². The molecule has 2 nitrogen and oxygen atoms in total. The van der Waals surface area contributed by atoms with Gasteiger partial charge in [0, 0.05) is 10.0 Å². The zero-order valence-corrected chi connectivity index (χ0v) is 11.1. The molecule has 0 saturated carbocycles. The molecule has 1 aromatic carbocycles. The van der Waals surface area contributed by atoms with Crippen LogP contribution in [0.5, 0.6) is 0 Å². The lowest BCUT2D eigenvalue weighted by atomic mass is 10.1. The Morgan fingerprint density at radius 1 is 1.24 bits per heavy atom. The summed E-state index contributed by atoms with van der Waals surface area (Å²) in [7, 11) is 0. The molecule has 1 heterocycles. The first kappa shape index (κ1) is 12.8. The van der Waals surface area contributed by atoms with Crippen molar-refractivity contribution in [3.63, 3.8) is 0 Å². The first-order valence-corrected chi connectivity index (χ1v) is 6.23. The highest BCUT2D eigenvalue weighted by molar-refractivity contribution is 9.10. The van der Waals surface area contributed by atoms with Gasteiger partial charge in [0.1, 0.15) is 5.01 Å². The second-order valence-electron chi connectivity index (χ2n) is 3.05. The van der Waals surface area contributed by atoms with Crippen LogP contribution in [0.2, 0.25) is 4.47 Å². The van der Waals surface area contributed by atoms with Gasteiger partial charge in [0.05, 0.1) is 5.56 Å². The van der Waals surface area contributed by atoms with Crippen LogP contribution in [0.1, 0.15) is 5.56 Å². The van der Waals surface area contributed by atoms with E-state index in [1.165, 1.54) is 12.1 Å². The summed E-state index contributed by atoms with van der Waals surface area (Å²) >= 11 is 9.48. The van der Waals surface area contributed by atoms with E-state index in [1.807, 2.05) is 0 Å². The van der Waals surface area contributed by atoms with Crippen LogP contribution in [0, 0.1) is 0 Å².